The van der Waals surface area contributed by atoms with Crippen molar-refractivity contribution < 1.29 is 4.79 Å². The van der Waals surface area contributed by atoms with Crippen molar-refractivity contribution in [1.82, 2.24) is 5.01 Å². The van der Waals surface area contributed by atoms with Crippen LogP contribution in [0.4, 0.5) is 0 Å². The highest BCUT2D eigenvalue weighted by Crippen LogP contribution is 2.33. The van der Waals surface area contributed by atoms with Crippen LogP contribution in [-0.4, -0.2) is 17.1 Å². The van der Waals surface area contributed by atoms with Crippen LogP contribution in [0.25, 0.3) is 0 Å². The summed E-state index contributed by atoms with van der Waals surface area (Å²) in [6.07, 6.45) is 3.04. The van der Waals surface area contributed by atoms with E-state index in [-0.39, 0.29) is 11.9 Å². The van der Waals surface area contributed by atoms with Gasteiger partial charge in [-0.25, -0.2) is 5.01 Å². The van der Waals surface area contributed by atoms with Crippen molar-refractivity contribution in [1.29, 1.82) is 0 Å². The third-order valence-corrected chi connectivity index (χ3v) is 2.93. The Bertz CT molecular complexity index is 477. The summed E-state index contributed by atoms with van der Waals surface area (Å²) in [6.45, 7) is 7.70. The van der Waals surface area contributed by atoms with Gasteiger partial charge in [-0.2, -0.15) is 5.10 Å². The lowest BCUT2D eigenvalue weighted by Crippen LogP contribution is -2.35. The van der Waals surface area contributed by atoms with Crippen molar-refractivity contribution in [2.45, 2.75) is 19.9 Å². The van der Waals surface area contributed by atoms with Gasteiger partial charge in [0.15, 0.2) is 0 Å². The summed E-state index contributed by atoms with van der Waals surface area (Å²) in [5, 5.41) is 5.75. The number of fused-ring (bicyclic) bond motifs is 1. The predicted molar refractivity (Wildman–Crippen MR) is 68.7 cm³/mol. The van der Waals surface area contributed by atoms with Crippen LogP contribution in [0.1, 0.15) is 31.0 Å². The molecule has 0 fully saturated rings. The minimum atomic E-state index is -0.158. The molecule has 88 valence electrons. The number of carbonyl (C=O) groups excluding carboxylic acids is 1. The average Bonchev–Trinajstić information content (AvgIpc) is 2.36. The van der Waals surface area contributed by atoms with Crippen LogP contribution in [-0.2, 0) is 4.79 Å². The zero-order valence-electron chi connectivity index (χ0n) is 10.1. The summed E-state index contributed by atoms with van der Waals surface area (Å²) < 4.78 is 0. The number of hydrogen-bond donors (Lipinski definition) is 0. The Labute approximate surface area is 101 Å². The van der Waals surface area contributed by atoms with Gasteiger partial charge < -0.3 is 0 Å². The second-order valence-corrected chi connectivity index (χ2v) is 4.45. The van der Waals surface area contributed by atoms with Crippen molar-refractivity contribution in [3.63, 3.8) is 0 Å². The summed E-state index contributed by atoms with van der Waals surface area (Å²) in [7, 11) is 0. The van der Waals surface area contributed by atoms with Gasteiger partial charge in [0.05, 0.1) is 12.3 Å². The molecular weight excluding hydrogens is 212 g/mol. The van der Waals surface area contributed by atoms with Gasteiger partial charge in [-0.15, -0.1) is 0 Å². The Kier molecular flexibility index (Phi) is 3.09. The van der Waals surface area contributed by atoms with Gasteiger partial charge in [0, 0.05) is 0 Å². The van der Waals surface area contributed by atoms with Crippen molar-refractivity contribution in [3.05, 3.63) is 48.0 Å². The van der Waals surface area contributed by atoms with Gasteiger partial charge in [0.1, 0.15) is 0 Å². The lowest BCUT2D eigenvalue weighted by molar-refractivity contribution is -0.129. The zero-order chi connectivity index (χ0) is 12.4. The molecule has 1 aliphatic heterocycles. The van der Waals surface area contributed by atoms with Crippen molar-refractivity contribution in [2.24, 2.45) is 11.0 Å². The van der Waals surface area contributed by atoms with E-state index in [1.807, 2.05) is 18.2 Å². The molecular formula is C14H16N2O. The van der Waals surface area contributed by atoms with E-state index in [1.54, 1.807) is 6.21 Å². The fourth-order valence-electron chi connectivity index (χ4n) is 2.15. The monoisotopic (exact) mass is 228 g/mol. The number of amides is 1. The standard InChI is InChI=1S/C14H16N2O/c1-4-13(17)16-14(10(2)3)12-8-6-5-7-11(12)9-15-16/h4-10,14H,1H2,2-3H3. The van der Waals surface area contributed by atoms with Crippen LogP contribution in [0.15, 0.2) is 42.0 Å². The van der Waals surface area contributed by atoms with E-state index >= 15 is 0 Å². The Hall–Kier alpha value is -1.90. The van der Waals surface area contributed by atoms with E-state index in [1.165, 1.54) is 11.1 Å². The Morgan fingerprint density at radius 2 is 2.18 bits per heavy atom. The number of hydrogen-bond acceptors (Lipinski definition) is 2. The lowest BCUT2D eigenvalue weighted by Gasteiger charge is -2.33. The Morgan fingerprint density at radius 1 is 1.47 bits per heavy atom. The van der Waals surface area contributed by atoms with Crippen LogP contribution in [0, 0.1) is 5.92 Å². The van der Waals surface area contributed by atoms with E-state index in [4.69, 9.17) is 0 Å². The summed E-state index contributed by atoms with van der Waals surface area (Å²) >= 11 is 0. The van der Waals surface area contributed by atoms with E-state index in [9.17, 15) is 4.79 Å². The first-order chi connectivity index (χ1) is 8.15. The fraction of sp³-hybridized carbons (Fsp3) is 0.286. The molecule has 0 radical (unpaired) electrons. The number of rotatable bonds is 2. The molecule has 1 aromatic carbocycles. The second-order valence-electron chi connectivity index (χ2n) is 4.45. The van der Waals surface area contributed by atoms with E-state index < -0.39 is 0 Å². The molecule has 0 aliphatic carbocycles. The molecule has 1 heterocycles. The molecule has 3 nitrogen and oxygen atoms in total. The molecule has 1 amide bonds. The summed E-state index contributed by atoms with van der Waals surface area (Å²) in [6, 6.07) is 8.03. The van der Waals surface area contributed by atoms with Crippen molar-refractivity contribution in [2.75, 3.05) is 0 Å². The van der Waals surface area contributed by atoms with E-state index in [0.717, 1.165) is 11.1 Å². The first-order valence-corrected chi connectivity index (χ1v) is 5.73. The largest absolute Gasteiger partial charge is 0.268 e. The molecule has 0 bridgehead atoms. The fourth-order valence-corrected chi connectivity index (χ4v) is 2.15. The highest BCUT2D eigenvalue weighted by molar-refractivity contribution is 5.91. The molecule has 1 aliphatic rings. The lowest BCUT2D eigenvalue weighted by atomic mass is 9.91. The second kappa shape index (κ2) is 4.53. The summed E-state index contributed by atoms with van der Waals surface area (Å²) in [5.74, 6) is 0.145. The van der Waals surface area contributed by atoms with E-state index in [2.05, 4.69) is 31.6 Å². The molecule has 2 rings (SSSR count). The predicted octanol–water partition coefficient (Wildman–Crippen LogP) is 2.75. The van der Waals surface area contributed by atoms with Gasteiger partial charge in [0.25, 0.3) is 5.91 Å². The number of carbonyl (C=O) groups is 1. The third kappa shape index (κ3) is 2.00. The average molecular weight is 228 g/mol. The van der Waals surface area contributed by atoms with Gasteiger partial charge in [-0.05, 0) is 23.1 Å². The van der Waals surface area contributed by atoms with Crippen molar-refractivity contribution in [3.8, 4) is 0 Å². The van der Waals surface area contributed by atoms with Crippen LogP contribution in [0.2, 0.25) is 0 Å². The SMILES string of the molecule is C=CC(=O)N1N=Cc2ccccc2C1C(C)C. The Morgan fingerprint density at radius 3 is 2.82 bits per heavy atom. The van der Waals surface area contributed by atoms with Crippen LogP contribution in [0.5, 0.6) is 0 Å². The summed E-state index contributed by atoms with van der Waals surface area (Å²) in [4.78, 5) is 11.8. The maximum Gasteiger partial charge on any atom is 0.266 e. The van der Waals surface area contributed by atoms with Crippen LogP contribution < -0.4 is 0 Å². The molecule has 17 heavy (non-hydrogen) atoms. The molecule has 0 spiro atoms. The molecule has 1 aromatic rings. The van der Waals surface area contributed by atoms with Gasteiger partial charge in [0.2, 0.25) is 0 Å². The van der Waals surface area contributed by atoms with E-state index in [0.29, 0.717) is 5.92 Å². The van der Waals surface area contributed by atoms with Crippen LogP contribution >= 0.6 is 0 Å². The minimum Gasteiger partial charge on any atom is -0.268 e. The normalized spacial score (nSPS) is 18.1. The van der Waals surface area contributed by atoms with Gasteiger partial charge in [-0.1, -0.05) is 44.7 Å². The smallest absolute Gasteiger partial charge is 0.266 e. The molecule has 1 unspecified atom stereocenters. The number of benzene rings is 1. The minimum absolute atomic E-state index is 0.0123. The zero-order valence-corrected chi connectivity index (χ0v) is 10.1. The Balaban J connectivity index is 2.48. The van der Waals surface area contributed by atoms with Gasteiger partial charge in [-0.3, -0.25) is 4.79 Å². The first kappa shape index (κ1) is 11.6. The summed E-state index contributed by atoms with van der Waals surface area (Å²) in [5.41, 5.74) is 2.23. The molecule has 1 atom stereocenters. The first-order valence-electron chi connectivity index (χ1n) is 5.73. The third-order valence-electron chi connectivity index (χ3n) is 2.93. The highest BCUT2D eigenvalue weighted by Gasteiger charge is 2.30. The van der Waals surface area contributed by atoms with Crippen molar-refractivity contribution >= 4 is 12.1 Å². The quantitative estimate of drug-likeness (QED) is 0.716. The molecule has 0 saturated carbocycles. The topological polar surface area (TPSA) is 32.7 Å². The molecule has 3 heteroatoms. The molecule has 0 N–H and O–H groups in total. The maximum absolute atomic E-state index is 11.8. The number of hydrazone groups is 1. The number of nitrogens with zero attached hydrogens (tertiary/aromatic N) is 2. The maximum atomic E-state index is 11.8. The molecule has 0 aromatic heterocycles. The van der Waals surface area contributed by atoms with Gasteiger partial charge >= 0.3 is 0 Å². The molecule has 0 saturated heterocycles. The van der Waals surface area contributed by atoms with Crippen LogP contribution in [0.3, 0.4) is 0 Å². The highest BCUT2D eigenvalue weighted by atomic mass is 16.2.